The molecule has 4 heteroatoms. The summed E-state index contributed by atoms with van der Waals surface area (Å²) in [7, 11) is 2.09. The van der Waals surface area contributed by atoms with Gasteiger partial charge in [0.2, 0.25) is 0 Å². The molecule has 4 heavy (non-hydrogen) atoms. The summed E-state index contributed by atoms with van der Waals surface area (Å²) in [5, 5.41) is 1.56. The predicted molar refractivity (Wildman–Crippen MR) is 30.6 cm³/mol. The summed E-state index contributed by atoms with van der Waals surface area (Å²) in [6.07, 6.45) is 0. The molecule has 0 aliphatic heterocycles. The predicted octanol–water partition coefficient (Wildman–Crippen LogP) is 0.762. The molecule has 0 spiro atoms. The summed E-state index contributed by atoms with van der Waals surface area (Å²) in [4.78, 5) is 0. The van der Waals surface area contributed by atoms with Gasteiger partial charge in [-0.15, -0.1) is 22.4 Å². The van der Waals surface area contributed by atoms with Crippen molar-refractivity contribution in [1.29, 1.82) is 0 Å². The van der Waals surface area contributed by atoms with Crippen LogP contribution < -0.4 is 0 Å². The Morgan fingerprint density at radius 3 is 2.25 bits per heavy atom. The molecule has 0 aromatic rings. The molecule has 0 N–H and O–H groups in total. The van der Waals surface area contributed by atoms with Crippen molar-refractivity contribution >= 4 is 37.2 Å². The first kappa shape index (κ1) is 5.18. The fourth-order valence-electron chi connectivity index (χ4n) is 0. The fourth-order valence-corrected chi connectivity index (χ4v) is 0. The van der Waals surface area contributed by atoms with E-state index in [1.54, 1.807) is 5.34 Å². The molecule has 0 saturated heterocycles. The quantitative estimate of drug-likeness (QED) is 0.334. The van der Waals surface area contributed by atoms with E-state index in [1.807, 2.05) is 22.4 Å². The Morgan fingerprint density at radius 2 is 2.25 bits per heavy atom. The van der Waals surface area contributed by atoms with E-state index in [4.69, 9.17) is 0 Å². The van der Waals surface area contributed by atoms with Crippen molar-refractivity contribution in [2.24, 2.45) is 0 Å². The van der Waals surface area contributed by atoms with Gasteiger partial charge in [-0.2, -0.15) is 0 Å². The lowest BCUT2D eigenvalue weighted by Gasteiger charge is -1.70. The molecule has 1 unspecified atom stereocenters. The van der Waals surface area contributed by atoms with E-state index >= 15 is 0 Å². The van der Waals surface area contributed by atoms with Gasteiger partial charge < -0.3 is 4.44 Å². The minimum absolute atomic E-state index is 1.56. The molecule has 0 rings (SSSR count). The second-order valence-corrected chi connectivity index (χ2v) is 1.01. The molecule has 0 aromatic carbocycles. The zero-order valence-electron chi connectivity index (χ0n) is 1.94. The van der Waals surface area contributed by atoms with Gasteiger partial charge in [0.15, 0.2) is 0 Å². The van der Waals surface area contributed by atoms with Gasteiger partial charge in [-0.3, -0.25) is 0 Å². The minimum Gasteiger partial charge on any atom is -0.411 e. The van der Waals surface area contributed by atoms with E-state index in [0.29, 0.717) is 0 Å². The van der Waals surface area contributed by atoms with Gasteiger partial charge in [0.1, 0.15) is 0 Å². The smallest absolute Gasteiger partial charge is 0.378 e. The van der Waals surface area contributed by atoms with Gasteiger partial charge in [-0.05, 0) is 9.47 Å². The zero-order chi connectivity index (χ0) is 3.41. The number of hydrogen-bond donors (Lipinski definition) is 0. The Morgan fingerprint density at radius 1 is 2.00 bits per heavy atom. The second-order valence-electron chi connectivity index (χ2n) is 0.225. The van der Waals surface area contributed by atoms with Gasteiger partial charge in [0.05, 0.1) is 0 Å². The highest BCUT2D eigenvalue weighted by molar-refractivity contribution is 14.1. The third-order valence-corrected chi connectivity index (χ3v) is 1.04. The van der Waals surface area contributed by atoms with Gasteiger partial charge >= 0.3 is 5.34 Å². The Kier molecular flexibility index (Phi) is 5.42. The molecular formula is H2BIOP. The van der Waals surface area contributed by atoms with Crippen LogP contribution in [0.15, 0.2) is 0 Å². The van der Waals surface area contributed by atoms with Crippen LogP contribution in [0.2, 0.25) is 0 Å². The van der Waals surface area contributed by atoms with Crippen LogP contribution in [0.1, 0.15) is 0 Å². The Labute approximate surface area is 41.9 Å². The number of halogens is 1. The molecule has 0 amide bonds. The minimum atomic E-state index is 1.56. The zero-order valence-corrected chi connectivity index (χ0v) is 5.25. The van der Waals surface area contributed by atoms with E-state index in [9.17, 15) is 0 Å². The van der Waals surface area contributed by atoms with Crippen molar-refractivity contribution in [2.45, 2.75) is 0 Å². The van der Waals surface area contributed by atoms with Gasteiger partial charge in [0, 0.05) is 0 Å². The van der Waals surface area contributed by atoms with Crippen molar-refractivity contribution in [1.82, 2.24) is 0 Å². The monoisotopic (exact) mass is 187 g/mol. The van der Waals surface area contributed by atoms with Crippen LogP contribution in [-0.2, 0) is 4.44 Å². The number of rotatable bonds is 1. The molecule has 1 atom stereocenters. The van der Waals surface area contributed by atoms with Crippen LogP contribution in [-0.4, -0.2) is 5.34 Å². The normalized spacial score (nSPS) is 6.50. The standard InChI is InChI=1S/BH2IOP/c2-1-3-4/h4H2. The van der Waals surface area contributed by atoms with Crippen LogP contribution >= 0.6 is 31.8 Å². The van der Waals surface area contributed by atoms with E-state index in [1.165, 1.54) is 0 Å². The first-order valence-corrected chi connectivity index (χ1v) is 2.41. The molecule has 0 fully saturated rings. The Bertz CT molecular complexity index is 10.0. The summed E-state index contributed by atoms with van der Waals surface area (Å²) in [5.74, 6) is 0. The third kappa shape index (κ3) is 3.18. The Hall–Kier alpha value is 1.18. The third-order valence-electron chi connectivity index (χ3n) is 0.0514. The molecule has 1 radical (unpaired) electrons. The Balaban J connectivity index is 1.97. The van der Waals surface area contributed by atoms with E-state index in [2.05, 4.69) is 13.9 Å². The van der Waals surface area contributed by atoms with E-state index in [0.717, 1.165) is 0 Å². The molecule has 0 aliphatic carbocycles. The lowest BCUT2D eigenvalue weighted by atomic mass is 10.6. The molecule has 0 aliphatic rings. The highest BCUT2D eigenvalue weighted by Crippen LogP contribution is 1.83. The van der Waals surface area contributed by atoms with E-state index in [-0.39, 0.29) is 0 Å². The van der Waals surface area contributed by atoms with Crippen LogP contribution in [0.4, 0.5) is 0 Å². The molecule has 1 nitrogen and oxygen atoms in total. The lowest BCUT2D eigenvalue weighted by molar-refractivity contribution is 0.722. The van der Waals surface area contributed by atoms with Crippen LogP contribution in [0.5, 0.6) is 0 Å². The van der Waals surface area contributed by atoms with Gasteiger partial charge in [-0.25, -0.2) is 0 Å². The maximum Gasteiger partial charge on any atom is 0.378 e. The van der Waals surface area contributed by atoms with Crippen molar-refractivity contribution in [3.05, 3.63) is 0 Å². The first-order chi connectivity index (χ1) is 1.91. The number of hydrogen-bond acceptors (Lipinski definition) is 1. The average molecular weight is 187 g/mol. The topological polar surface area (TPSA) is 9.23 Å². The average Bonchev–Trinajstić information content (AvgIpc) is 1.37. The van der Waals surface area contributed by atoms with Crippen molar-refractivity contribution < 1.29 is 4.44 Å². The van der Waals surface area contributed by atoms with Crippen molar-refractivity contribution in [3.8, 4) is 0 Å². The molecular weight excluding hydrogens is 185 g/mol. The van der Waals surface area contributed by atoms with Crippen molar-refractivity contribution in [3.63, 3.8) is 0 Å². The lowest BCUT2D eigenvalue weighted by Crippen LogP contribution is -1.63. The first-order valence-electron chi connectivity index (χ1n) is 0.690. The van der Waals surface area contributed by atoms with Gasteiger partial charge in [0.25, 0.3) is 0 Å². The fraction of sp³-hybridized carbons (Fsp3) is 0. The van der Waals surface area contributed by atoms with Gasteiger partial charge in [-0.1, -0.05) is 0 Å². The summed E-state index contributed by atoms with van der Waals surface area (Å²) in [5.41, 5.74) is 0. The highest BCUT2D eigenvalue weighted by atomic mass is 127. The highest BCUT2D eigenvalue weighted by Gasteiger charge is 1.64. The molecule has 0 aromatic heterocycles. The molecule has 0 bridgehead atoms. The second kappa shape index (κ2) is 4.18. The summed E-state index contributed by atoms with van der Waals surface area (Å²) in [6.45, 7) is 0. The van der Waals surface area contributed by atoms with Crippen molar-refractivity contribution in [2.75, 3.05) is 0 Å². The van der Waals surface area contributed by atoms with E-state index < -0.39 is 0 Å². The molecule has 23 valence electrons. The summed E-state index contributed by atoms with van der Waals surface area (Å²) in [6, 6.07) is 0. The van der Waals surface area contributed by atoms with Crippen LogP contribution in [0.25, 0.3) is 0 Å². The molecule has 0 heterocycles. The summed E-state index contributed by atoms with van der Waals surface area (Å²) < 4.78 is 4.32. The maximum atomic E-state index is 4.32. The maximum absolute atomic E-state index is 4.32. The molecule has 0 saturated carbocycles. The largest absolute Gasteiger partial charge is 0.411 e. The van der Waals surface area contributed by atoms with Crippen LogP contribution in [0.3, 0.4) is 0 Å². The SMILES string of the molecule is PO[B]I. The van der Waals surface area contributed by atoms with Crippen LogP contribution in [0, 0.1) is 0 Å². The summed E-state index contributed by atoms with van der Waals surface area (Å²) >= 11 is 1.98.